The van der Waals surface area contributed by atoms with E-state index in [0.717, 1.165) is 11.8 Å². The Kier molecular flexibility index (Phi) is 2.56. The van der Waals surface area contributed by atoms with Crippen LogP contribution in [0.4, 0.5) is 11.4 Å². The SMILES string of the molecule is C1=CC2(Nc3ccc(NC45C=CC(CC4)C5)cc3)CCC1C2. The van der Waals surface area contributed by atoms with E-state index in [0.29, 0.717) is 0 Å². The van der Waals surface area contributed by atoms with E-state index in [-0.39, 0.29) is 11.1 Å². The van der Waals surface area contributed by atoms with Crippen molar-refractivity contribution < 1.29 is 0 Å². The van der Waals surface area contributed by atoms with E-state index in [1.54, 1.807) is 0 Å². The molecular weight excluding hydrogens is 268 g/mol. The van der Waals surface area contributed by atoms with Crippen molar-refractivity contribution in [2.75, 3.05) is 10.6 Å². The van der Waals surface area contributed by atoms with Crippen molar-refractivity contribution in [3.63, 3.8) is 0 Å². The zero-order valence-corrected chi connectivity index (χ0v) is 13.0. The second-order valence-electron chi connectivity index (χ2n) is 7.86. The van der Waals surface area contributed by atoms with Gasteiger partial charge in [-0.3, -0.25) is 0 Å². The molecule has 5 rings (SSSR count). The predicted octanol–water partition coefficient (Wildman–Crippen LogP) is 4.73. The van der Waals surface area contributed by atoms with Crippen molar-refractivity contribution in [1.29, 1.82) is 0 Å². The van der Waals surface area contributed by atoms with Crippen LogP contribution in [0.15, 0.2) is 48.6 Å². The highest BCUT2D eigenvalue weighted by Crippen LogP contribution is 2.45. The molecule has 2 fully saturated rings. The lowest BCUT2D eigenvalue weighted by molar-refractivity contribution is 0.606. The van der Waals surface area contributed by atoms with E-state index in [9.17, 15) is 0 Å². The molecule has 4 unspecified atom stereocenters. The average molecular weight is 292 g/mol. The Morgan fingerprint density at radius 2 is 1.18 bits per heavy atom. The minimum atomic E-state index is 0.241. The van der Waals surface area contributed by atoms with Gasteiger partial charge in [0.05, 0.1) is 11.1 Å². The minimum absolute atomic E-state index is 0.241. The number of rotatable bonds is 4. The van der Waals surface area contributed by atoms with E-state index >= 15 is 0 Å². The van der Waals surface area contributed by atoms with Gasteiger partial charge in [0.15, 0.2) is 0 Å². The van der Waals surface area contributed by atoms with Crippen LogP contribution in [0.5, 0.6) is 0 Å². The molecule has 4 aliphatic rings. The van der Waals surface area contributed by atoms with Crippen LogP contribution in [0.25, 0.3) is 0 Å². The molecule has 0 saturated heterocycles. The standard InChI is InChI=1S/C20H24N2/c1-2-18(22-20-11-7-16(14-20)8-12-20)4-3-17(1)21-19-9-5-15(13-19)6-10-19/h1-5,7,9,11,15-16,21-22H,6,8,10,12-14H2. The molecule has 2 saturated carbocycles. The van der Waals surface area contributed by atoms with E-state index in [1.165, 1.54) is 49.9 Å². The number of anilines is 2. The number of hydrogen-bond donors (Lipinski definition) is 2. The number of benzene rings is 1. The van der Waals surface area contributed by atoms with Crippen molar-refractivity contribution in [1.82, 2.24) is 0 Å². The normalized spacial score (nSPS) is 40.5. The first-order valence-corrected chi connectivity index (χ1v) is 8.78. The van der Waals surface area contributed by atoms with Crippen molar-refractivity contribution in [3.8, 4) is 0 Å². The van der Waals surface area contributed by atoms with Gasteiger partial charge in [0.2, 0.25) is 0 Å². The van der Waals surface area contributed by atoms with Gasteiger partial charge in [-0.05, 0) is 74.6 Å². The lowest BCUT2D eigenvalue weighted by Crippen LogP contribution is -2.32. The molecule has 1 aromatic rings. The molecule has 4 atom stereocenters. The summed E-state index contributed by atoms with van der Waals surface area (Å²) in [5.41, 5.74) is 2.99. The molecule has 114 valence electrons. The molecule has 0 heterocycles. The Morgan fingerprint density at radius 1 is 0.727 bits per heavy atom. The molecular formula is C20H24N2. The Labute approximate surface area is 132 Å². The van der Waals surface area contributed by atoms with Gasteiger partial charge in [0.1, 0.15) is 0 Å². The van der Waals surface area contributed by atoms with Gasteiger partial charge in [-0.2, -0.15) is 0 Å². The number of fused-ring (bicyclic) bond motifs is 4. The maximum absolute atomic E-state index is 3.77. The van der Waals surface area contributed by atoms with Gasteiger partial charge in [-0.25, -0.2) is 0 Å². The molecule has 4 aliphatic carbocycles. The van der Waals surface area contributed by atoms with E-state index < -0.39 is 0 Å². The van der Waals surface area contributed by atoms with Crippen LogP contribution in [0.1, 0.15) is 38.5 Å². The Hall–Kier alpha value is -1.70. The molecule has 0 aliphatic heterocycles. The molecule has 0 amide bonds. The molecule has 2 N–H and O–H groups in total. The van der Waals surface area contributed by atoms with E-state index in [2.05, 4.69) is 59.2 Å². The van der Waals surface area contributed by atoms with Crippen LogP contribution < -0.4 is 10.6 Å². The van der Waals surface area contributed by atoms with Gasteiger partial charge < -0.3 is 10.6 Å². The average Bonchev–Trinajstić information content (AvgIpc) is 3.29. The maximum Gasteiger partial charge on any atom is 0.0562 e. The van der Waals surface area contributed by atoms with Crippen molar-refractivity contribution in [2.45, 2.75) is 49.6 Å². The smallest absolute Gasteiger partial charge is 0.0562 e. The molecule has 0 spiro atoms. The molecule has 2 nitrogen and oxygen atoms in total. The summed E-state index contributed by atoms with van der Waals surface area (Å²) in [6.07, 6.45) is 17.4. The summed E-state index contributed by atoms with van der Waals surface area (Å²) in [6, 6.07) is 8.94. The fourth-order valence-corrected chi connectivity index (χ4v) is 5.02. The summed E-state index contributed by atoms with van der Waals surface area (Å²) < 4.78 is 0. The van der Waals surface area contributed by atoms with Crippen LogP contribution in [0, 0.1) is 11.8 Å². The number of hydrogen-bond acceptors (Lipinski definition) is 2. The maximum atomic E-state index is 3.77. The largest absolute Gasteiger partial charge is 0.376 e. The Balaban J connectivity index is 1.30. The fraction of sp³-hybridized carbons (Fsp3) is 0.500. The lowest BCUT2D eigenvalue weighted by Gasteiger charge is -2.28. The number of allylic oxidation sites excluding steroid dienone is 2. The Morgan fingerprint density at radius 3 is 1.45 bits per heavy atom. The summed E-state index contributed by atoms with van der Waals surface area (Å²) in [7, 11) is 0. The molecule has 22 heavy (non-hydrogen) atoms. The second kappa shape index (κ2) is 4.41. The lowest BCUT2D eigenvalue weighted by atomic mass is 9.98. The van der Waals surface area contributed by atoms with Crippen LogP contribution in [-0.2, 0) is 0 Å². The fourth-order valence-electron chi connectivity index (χ4n) is 5.02. The topological polar surface area (TPSA) is 24.1 Å². The predicted molar refractivity (Wildman–Crippen MR) is 92.1 cm³/mol. The summed E-state index contributed by atoms with van der Waals surface area (Å²) >= 11 is 0. The minimum Gasteiger partial charge on any atom is -0.376 e. The third kappa shape index (κ3) is 2.00. The van der Waals surface area contributed by atoms with E-state index in [4.69, 9.17) is 0 Å². The summed E-state index contributed by atoms with van der Waals surface area (Å²) in [5, 5.41) is 7.54. The molecule has 0 radical (unpaired) electrons. The van der Waals surface area contributed by atoms with Crippen LogP contribution >= 0.6 is 0 Å². The van der Waals surface area contributed by atoms with Crippen LogP contribution in [0.3, 0.4) is 0 Å². The highest BCUT2D eigenvalue weighted by Gasteiger charge is 2.41. The van der Waals surface area contributed by atoms with E-state index in [1.807, 2.05) is 0 Å². The molecule has 1 aromatic carbocycles. The first-order chi connectivity index (χ1) is 10.7. The van der Waals surface area contributed by atoms with Gasteiger partial charge >= 0.3 is 0 Å². The van der Waals surface area contributed by atoms with Gasteiger partial charge in [-0.1, -0.05) is 24.3 Å². The second-order valence-corrected chi connectivity index (χ2v) is 7.86. The zero-order chi connectivity index (χ0) is 14.6. The van der Waals surface area contributed by atoms with Gasteiger partial charge in [-0.15, -0.1) is 0 Å². The van der Waals surface area contributed by atoms with Gasteiger partial charge in [0.25, 0.3) is 0 Å². The van der Waals surface area contributed by atoms with Crippen molar-refractivity contribution in [3.05, 3.63) is 48.6 Å². The number of nitrogens with one attached hydrogen (secondary N) is 2. The first kappa shape index (κ1) is 12.8. The molecule has 2 heteroatoms. The van der Waals surface area contributed by atoms with Crippen molar-refractivity contribution >= 4 is 11.4 Å². The summed E-state index contributed by atoms with van der Waals surface area (Å²) in [5.74, 6) is 1.63. The molecule has 0 aromatic heterocycles. The monoisotopic (exact) mass is 292 g/mol. The van der Waals surface area contributed by atoms with Gasteiger partial charge in [0, 0.05) is 11.4 Å². The quantitative estimate of drug-likeness (QED) is 0.784. The highest BCUT2D eigenvalue weighted by atomic mass is 15.0. The zero-order valence-electron chi connectivity index (χ0n) is 13.0. The van der Waals surface area contributed by atoms with Crippen molar-refractivity contribution in [2.24, 2.45) is 11.8 Å². The van der Waals surface area contributed by atoms with Crippen LogP contribution in [-0.4, -0.2) is 11.1 Å². The first-order valence-electron chi connectivity index (χ1n) is 8.78. The summed E-state index contributed by atoms with van der Waals surface area (Å²) in [6.45, 7) is 0. The molecule has 4 bridgehead atoms. The Bertz CT molecular complexity index is 587. The third-order valence-electron chi connectivity index (χ3n) is 6.22. The summed E-state index contributed by atoms with van der Waals surface area (Å²) in [4.78, 5) is 0. The highest BCUT2D eigenvalue weighted by molar-refractivity contribution is 5.58. The van der Waals surface area contributed by atoms with Crippen LogP contribution in [0.2, 0.25) is 0 Å². The third-order valence-corrected chi connectivity index (χ3v) is 6.22.